The number of aromatic amines is 1. The van der Waals surface area contributed by atoms with Crippen LogP contribution in [0.4, 0.5) is 10.6 Å². The molecule has 1 amide bonds. The van der Waals surface area contributed by atoms with E-state index in [9.17, 15) is 13.2 Å². The molecule has 0 saturated heterocycles. The van der Waals surface area contributed by atoms with E-state index < -0.39 is 21.5 Å². The van der Waals surface area contributed by atoms with Gasteiger partial charge in [-0.3, -0.25) is 10.4 Å². The van der Waals surface area contributed by atoms with E-state index in [1.807, 2.05) is 0 Å². The van der Waals surface area contributed by atoms with Gasteiger partial charge in [-0.25, -0.2) is 13.2 Å². The maximum absolute atomic E-state index is 11.8. The van der Waals surface area contributed by atoms with E-state index >= 15 is 0 Å². The third kappa shape index (κ3) is 7.47. The second kappa shape index (κ2) is 7.78. The first-order valence-electron chi connectivity index (χ1n) is 7.48. The van der Waals surface area contributed by atoms with E-state index in [0.717, 1.165) is 5.56 Å². The van der Waals surface area contributed by atoms with Crippen LogP contribution < -0.4 is 10.6 Å². The molecule has 1 heterocycles. The number of sulfone groups is 1. The molecule has 1 aromatic heterocycles. The van der Waals surface area contributed by atoms with E-state index in [1.165, 1.54) is 0 Å². The highest BCUT2D eigenvalue weighted by molar-refractivity contribution is 7.91. The first kappa shape index (κ1) is 19.4. The Balaban J connectivity index is 2.57. The molecular weight excluding hydrogens is 320 g/mol. The molecule has 8 nitrogen and oxygen atoms in total. The third-order valence-electron chi connectivity index (χ3n) is 2.93. The van der Waals surface area contributed by atoms with Gasteiger partial charge in [0, 0.05) is 23.9 Å². The minimum atomic E-state index is -3.03. The Morgan fingerprint density at radius 1 is 1.43 bits per heavy atom. The average molecular weight is 346 g/mol. The number of carbonyl (C=O) groups is 1. The number of anilines is 1. The van der Waals surface area contributed by atoms with Gasteiger partial charge in [-0.05, 0) is 27.7 Å². The molecule has 0 spiro atoms. The minimum absolute atomic E-state index is 0.0657. The number of aromatic nitrogens is 2. The normalized spacial score (nSPS) is 13.6. The van der Waals surface area contributed by atoms with Gasteiger partial charge in [0.05, 0.1) is 11.9 Å². The van der Waals surface area contributed by atoms with Crippen molar-refractivity contribution in [3.05, 3.63) is 11.8 Å². The van der Waals surface area contributed by atoms with Crippen molar-refractivity contribution >= 4 is 21.7 Å². The van der Waals surface area contributed by atoms with Crippen molar-refractivity contribution in [2.75, 3.05) is 16.8 Å². The lowest BCUT2D eigenvalue weighted by atomic mass is 10.2. The molecule has 0 aliphatic carbocycles. The predicted molar refractivity (Wildman–Crippen MR) is 89.1 cm³/mol. The van der Waals surface area contributed by atoms with Crippen molar-refractivity contribution < 1.29 is 17.9 Å². The molecule has 0 saturated carbocycles. The van der Waals surface area contributed by atoms with Gasteiger partial charge in [-0.2, -0.15) is 5.10 Å². The summed E-state index contributed by atoms with van der Waals surface area (Å²) < 4.78 is 28.3. The standard InChI is InChI=1S/C14H26N4O4S/c1-6-23(20,21)9-10(2)15-7-11-8-16-18-12(11)17-13(19)22-14(3,4)5/h8,10,15H,6-7,9H2,1-5H3,(H2,16,17,18,19). The fourth-order valence-corrected chi connectivity index (χ4v) is 2.92. The minimum Gasteiger partial charge on any atom is -0.444 e. The average Bonchev–Trinajstić information content (AvgIpc) is 2.80. The second-order valence-electron chi connectivity index (χ2n) is 6.38. The molecule has 0 fully saturated rings. The number of hydrogen-bond acceptors (Lipinski definition) is 6. The van der Waals surface area contributed by atoms with Gasteiger partial charge >= 0.3 is 6.09 Å². The molecule has 0 aliphatic rings. The zero-order chi connectivity index (χ0) is 17.7. The molecule has 3 N–H and O–H groups in total. The molecule has 0 aliphatic heterocycles. The summed E-state index contributed by atoms with van der Waals surface area (Å²) in [6.45, 7) is 9.13. The van der Waals surface area contributed by atoms with Gasteiger partial charge in [0.2, 0.25) is 0 Å². The molecule has 0 aromatic carbocycles. The van der Waals surface area contributed by atoms with Gasteiger partial charge < -0.3 is 10.1 Å². The lowest BCUT2D eigenvalue weighted by molar-refractivity contribution is 0.0635. The van der Waals surface area contributed by atoms with Gasteiger partial charge in [0.1, 0.15) is 11.4 Å². The maximum atomic E-state index is 11.8. The molecular formula is C14H26N4O4S. The highest BCUT2D eigenvalue weighted by atomic mass is 32.2. The van der Waals surface area contributed by atoms with Gasteiger partial charge in [-0.15, -0.1) is 0 Å². The number of hydrogen-bond donors (Lipinski definition) is 3. The molecule has 0 bridgehead atoms. The Morgan fingerprint density at radius 2 is 2.09 bits per heavy atom. The van der Waals surface area contributed by atoms with Crippen LogP contribution >= 0.6 is 0 Å². The number of H-pyrrole nitrogens is 1. The van der Waals surface area contributed by atoms with Crippen molar-refractivity contribution in [1.29, 1.82) is 0 Å². The highest BCUT2D eigenvalue weighted by Gasteiger charge is 2.18. The Hall–Kier alpha value is -1.61. The van der Waals surface area contributed by atoms with Crippen molar-refractivity contribution in [1.82, 2.24) is 15.5 Å². The molecule has 1 rings (SSSR count). The van der Waals surface area contributed by atoms with Crippen molar-refractivity contribution in [3.8, 4) is 0 Å². The van der Waals surface area contributed by atoms with Crippen LogP contribution in [0, 0.1) is 0 Å². The molecule has 23 heavy (non-hydrogen) atoms. The van der Waals surface area contributed by atoms with E-state index in [0.29, 0.717) is 12.4 Å². The monoisotopic (exact) mass is 346 g/mol. The summed E-state index contributed by atoms with van der Waals surface area (Å²) in [6.07, 6.45) is 0.991. The largest absolute Gasteiger partial charge is 0.444 e. The summed E-state index contributed by atoms with van der Waals surface area (Å²) in [5.41, 5.74) is 0.127. The summed E-state index contributed by atoms with van der Waals surface area (Å²) in [4.78, 5) is 11.8. The van der Waals surface area contributed by atoms with Crippen LogP contribution in [0.15, 0.2) is 6.20 Å². The van der Waals surface area contributed by atoms with E-state index in [2.05, 4.69) is 20.8 Å². The first-order valence-corrected chi connectivity index (χ1v) is 9.30. The highest BCUT2D eigenvalue weighted by Crippen LogP contribution is 2.14. The van der Waals surface area contributed by atoms with Crippen LogP contribution in [-0.4, -0.2) is 47.9 Å². The Kier molecular flexibility index (Phi) is 6.57. The van der Waals surface area contributed by atoms with Gasteiger partial charge in [0.15, 0.2) is 9.84 Å². The lowest BCUT2D eigenvalue weighted by Gasteiger charge is -2.19. The SMILES string of the molecule is CCS(=O)(=O)CC(C)NCc1cn[nH]c1NC(=O)OC(C)(C)C. The number of carbonyl (C=O) groups excluding carboxylic acids is 1. The molecule has 1 unspecified atom stereocenters. The number of rotatable bonds is 7. The Bertz CT molecular complexity index is 619. The van der Waals surface area contributed by atoms with Gasteiger partial charge in [-0.1, -0.05) is 6.92 Å². The molecule has 0 radical (unpaired) electrons. The molecule has 1 atom stereocenters. The number of amides is 1. The van der Waals surface area contributed by atoms with Crippen LogP contribution in [0.3, 0.4) is 0 Å². The lowest BCUT2D eigenvalue weighted by Crippen LogP contribution is -2.33. The third-order valence-corrected chi connectivity index (χ3v) is 4.82. The summed E-state index contributed by atoms with van der Waals surface area (Å²) in [5, 5.41) is 12.3. The van der Waals surface area contributed by atoms with Crippen LogP contribution in [0.25, 0.3) is 0 Å². The molecule has 1 aromatic rings. The fourth-order valence-electron chi connectivity index (χ4n) is 1.80. The quantitative estimate of drug-likeness (QED) is 0.692. The summed E-state index contributed by atoms with van der Waals surface area (Å²) in [6, 6.07) is -0.204. The number of nitrogens with zero attached hydrogens (tertiary/aromatic N) is 1. The Labute approximate surface area is 137 Å². The molecule has 132 valence electrons. The zero-order valence-electron chi connectivity index (χ0n) is 14.3. The number of ether oxygens (including phenoxy) is 1. The van der Waals surface area contributed by atoms with Crippen LogP contribution in [-0.2, 0) is 21.1 Å². The second-order valence-corrected chi connectivity index (χ2v) is 8.78. The van der Waals surface area contributed by atoms with Crippen LogP contribution in [0.5, 0.6) is 0 Å². The topological polar surface area (TPSA) is 113 Å². The zero-order valence-corrected chi connectivity index (χ0v) is 15.1. The Morgan fingerprint density at radius 3 is 2.65 bits per heavy atom. The van der Waals surface area contributed by atoms with Crippen LogP contribution in [0.1, 0.15) is 40.2 Å². The maximum Gasteiger partial charge on any atom is 0.413 e. The van der Waals surface area contributed by atoms with Crippen LogP contribution in [0.2, 0.25) is 0 Å². The molecule has 9 heteroatoms. The van der Waals surface area contributed by atoms with Crippen molar-refractivity contribution in [2.45, 2.75) is 52.8 Å². The fraction of sp³-hybridized carbons (Fsp3) is 0.714. The van der Waals surface area contributed by atoms with Crippen molar-refractivity contribution in [2.24, 2.45) is 0 Å². The van der Waals surface area contributed by atoms with E-state index in [-0.39, 0.29) is 17.5 Å². The summed E-state index contributed by atoms with van der Waals surface area (Å²) in [7, 11) is -3.03. The van der Waals surface area contributed by atoms with Crippen molar-refractivity contribution in [3.63, 3.8) is 0 Å². The summed E-state index contributed by atoms with van der Waals surface area (Å²) >= 11 is 0. The van der Waals surface area contributed by atoms with E-state index in [1.54, 1.807) is 40.8 Å². The van der Waals surface area contributed by atoms with Gasteiger partial charge in [0.25, 0.3) is 0 Å². The first-order chi connectivity index (χ1) is 10.5. The summed E-state index contributed by atoms with van der Waals surface area (Å²) in [5.74, 6) is 0.615. The van der Waals surface area contributed by atoms with E-state index in [4.69, 9.17) is 4.74 Å². The predicted octanol–water partition coefficient (Wildman–Crippen LogP) is 1.67. The number of nitrogens with one attached hydrogen (secondary N) is 3. The smallest absolute Gasteiger partial charge is 0.413 e.